The average molecular weight is 334 g/mol. The smallest absolute Gasteiger partial charge is 0.259 e. The van der Waals surface area contributed by atoms with E-state index in [1.165, 1.54) is 4.90 Å². The fraction of sp³-hybridized carbons (Fsp3) is 0.200. The molecule has 24 heavy (non-hydrogen) atoms. The topological polar surface area (TPSA) is 33.2 Å². The summed E-state index contributed by atoms with van der Waals surface area (Å²) in [5.74, 6) is 0.980. The maximum absolute atomic E-state index is 13.3. The summed E-state index contributed by atoms with van der Waals surface area (Å²) < 4.78 is 0. The maximum atomic E-state index is 13.3. The number of pyridine rings is 1. The molecule has 1 amide bonds. The first-order valence-electron chi connectivity index (χ1n) is 8.05. The van der Waals surface area contributed by atoms with Crippen LogP contribution in [0.25, 0.3) is 10.9 Å². The van der Waals surface area contributed by atoms with Crippen LogP contribution >= 0.6 is 11.8 Å². The normalized spacial score (nSPS) is 13.8. The molecule has 0 N–H and O–H groups in total. The number of rotatable bonds is 1. The van der Waals surface area contributed by atoms with Gasteiger partial charge in [-0.15, -0.1) is 11.8 Å². The quantitative estimate of drug-likeness (QED) is 0.652. The number of nitrogens with zero attached hydrogens (tertiary/aromatic N) is 2. The van der Waals surface area contributed by atoms with Crippen LogP contribution in [0.5, 0.6) is 0 Å². The lowest BCUT2D eigenvalue weighted by Gasteiger charge is -2.29. The van der Waals surface area contributed by atoms with Gasteiger partial charge in [-0.2, -0.15) is 0 Å². The first kappa shape index (κ1) is 15.2. The van der Waals surface area contributed by atoms with E-state index in [1.54, 1.807) is 0 Å². The molecule has 0 fully saturated rings. The Bertz CT molecular complexity index is 952. The molecule has 1 aromatic heterocycles. The molecule has 1 aliphatic rings. The van der Waals surface area contributed by atoms with Gasteiger partial charge in [-0.1, -0.05) is 23.8 Å². The van der Waals surface area contributed by atoms with Gasteiger partial charge in [0.15, 0.2) is 0 Å². The zero-order valence-electron chi connectivity index (χ0n) is 13.7. The molecule has 4 rings (SSSR count). The summed E-state index contributed by atoms with van der Waals surface area (Å²) in [6, 6.07) is 16.1. The van der Waals surface area contributed by atoms with Gasteiger partial charge in [0.2, 0.25) is 0 Å². The minimum Gasteiger partial charge on any atom is -0.306 e. The van der Waals surface area contributed by atoms with Crippen molar-refractivity contribution >= 4 is 34.3 Å². The van der Waals surface area contributed by atoms with E-state index in [0.29, 0.717) is 0 Å². The summed E-state index contributed by atoms with van der Waals surface area (Å²) in [6.45, 7) is 4.71. The number of para-hydroxylation sites is 1. The molecule has 3 nitrogen and oxygen atoms in total. The molecule has 120 valence electrons. The minimum absolute atomic E-state index is 0.0591. The van der Waals surface area contributed by atoms with Crippen LogP contribution in [-0.4, -0.2) is 23.2 Å². The van der Waals surface area contributed by atoms with E-state index in [2.05, 4.69) is 17.1 Å². The number of benzene rings is 2. The lowest BCUT2D eigenvalue weighted by molar-refractivity contribution is 0.0989. The van der Waals surface area contributed by atoms with E-state index in [4.69, 9.17) is 0 Å². The lowest BCUT2D eigenvalue weighted by atomic mass is 10.0. The molecule has 4 heteroatoms. The van der Waals surface area contributed by atoms with Gasteiger partial charge in [0.1, 0.15) is 0 Å². The van der Waals surface area contributed by atoms with Crippen molar-refractivity contribution in [3.63, 3.8) is 0 Å². The van der Waals surface area contributed by atoms with Gasteiger partial charge in [0.25, 0.3) is 5.91 Å². The predicted molar refractivity (Wildman–Crippen MR) is 100 cm³/mol. The Morgan fingerprint density at radius 3 is 2.83 bits per heavy atom. The van der Waals surface area contributed by atoms with Crippen molar-refractivity contribution in [1.82, 2.24) is 4.98 Å². The molecule has 0 spiro atoms. The Labute approximate surface area is 145 Å². The number of aryl methyl sites for hydroxylation is 2. The second-order valence-corrected chi connectivity index (χ2v) is 7.24. The second kappa shape index (κ2) is 5.95. The van der Waals surface area contributed by atoms with Crippen LogP contribution in [0.1, 0.15) is 21.6 Å². The van der Waals surface area contributed by atoms with Crippen LogP contribution in [0.2, 0.25) is 0 Å². The molecule has 0 radical (unpaired) electrons. The molecule has 0 bridgehead atoms. The summed E-state index contributed by atoms with van der Waals surface area (Å²) >= 11 is 1.81. The summed E-state index contributed by atoms with van der Waals surface area (Å²) in [5.41, 5.74) is 4.63. The van der Waals surface area contributed by atoms with Crippen molar-refractivity contribution in [2.75, 3.05) is 17.2 Å². The van der Waals surface area contributed by atoms with Crippen molar-refractivity contribution in [1.29, 1.82) is 0 Å². The van der Waals surface area contributed by atoms with E-state index in [0.717, 1.165) is 45.7 Å². The molecular weight excluding hydrogens is 316 g/mol. The number of fused-ring (bicyclic) bond motifs is 2. The molecule has 3 aromatic rings. The van der Waals surface area contributed by atoms with Crippen LogP contribution in [0.15, 0.2) is 53.4 Å². The molecule has 0 aliphatic carbocycles. The van der Waals surface area contributed by atoms with Crippen LogP contribution in [0, 0.1) is 13.8 Å². The number of anilines is 1. The predicted octanol–water partition coefficient (Wildman–Crippen LogP) is 4.60. The Morgan fingerprint density at radius 2 is 1.96 bits per heavy atom. The van der Waals surface area contributed by atoms with E-state index >= 15 is 0 Å². The van der Waals surface area contributed by atoms with Gasteiger partial charge in [0.05, 0.1) is 16.8 Å². The van der Waals surface area contributed by atoms with Crippen LogP contribution in [0.3, 0.4) is 0 Å². The fourth-order valence-corrected chi connectivity index (χ4v) is 4.17. The Morgan fingerprint density at radius 1 is 1.12 bits per heavy atom. The molecule has 0 atom stereocenters. The number of hydrogen-bond acceptors (Lipinski definition) is 3. The first-order valence-corrected chi connectivity index (χ1v) is 9.04. The molecule has 2 aromatic carbocycles. The summed E-state index contributed by atoms with van der Waals surface area (Å²) in [7, 11) is 0. The highest BCUT2D eigenvalue weighted by molar-refractivity contribution is 7.99. The van der Waals surface area contributed by atoms with Gasteiger partial charge in [0, 0.05) is 28.3 Å². The second-order valence-electron chi connectivity index (χ2n) is 6.10. The van der Waals surface area contributed by atoms with E-state index < -0.39 is 0 Å². The summed E-state index contributed by atoms with van der Waals surface area (Å²) in [6.07, 6.45) is 0. The number of aromatic nitrogens is 1. The van der Waals surface area contributed by atoms with Gasteiger partial charge in [-0.05, 0) is 44.2 Å². The van der Waals surface area contributed by atoms with Crippen molar-refractivity contribution in [2.24, 2.45) is 0 Å². The molecule has 2 heterocycles. The van der Waals surface area contributed by atoms with Gasteiger partial charge >= 0.3 is 0 Å². The largest absolute Gasteiger partial charge is 0.306 e. The maximum Gasteiger partial charge on any atom is 0.259 e. The molecule has 0 saturated heterocycles. The zero-order valence-corrected chi connectivity index (χ0v) is 14.6. The first-order chi connectivity index (χ1) is 11.6. The Kier molecular flexibility index (Phi) is 3.77. The third-order valence-electron chi connectivity index (χ3n) is 4.30. The SMILES string of the molecule is Cc1ccc2nc(C)cc(C(=O)N3CCSc4ccccc43)c2c1. The highest BCUT2D eigenvalue weighted by atomic mass is 32.2. The van der Waals surface area contributed by atoms with Gasteiger partial charge in [-0.25, -0.2) is 0 Å². The third-order valence-corrected chi connectivity index (χ3v) is 5.34. The van der Waals surface area contributed by atoms with Crippen LogP contribution in [0.4, 0.5) is 5.69 Å². The number of amides is 1. The highest BCUT2D eigenvalue weighted by Crippen LogP contribution is 2.35. The Balaban J connectivity index is 1.87. The van der Waals surface area contributed by atoms with E-state index in [-0.39, 0.29) is 5.91 Å². The molecule has 0 unspecified atom stereocenters. The van der Waals surface area contributed by atoms with Crippen LogP contribution < -0.4 is 4.90 Å². The Hall–Kier alpha value is -2.33. The van der Waals surface area contributed by atoms with Crippen molar-refractivity contribution in [3.8, 4) is 0 Å². The number of carbonyl (C=O) groups excluding carboxylic acids is 1. The summed E-state index contributed by atoms with van der Waals surface area (Å²) in [5, 5.41) is 0.932. The monoisotopic (exact) mass is 334 g/mol. The van der Waals surface area contributed by atoms with Gasteiger partial charge < -0.3 is 4.90 Å². The summed E-state index contributed by atoms with van der Waals surface area (Å²) in [4.78, 5) is 21.0. The minimum atomic E-state index is 0.0591. The standard InChI is InChI=1S/C20H18N2OS/c1-13-7-8-17-15(11-13)16(12-14(2)21-17)20(23)22-9-10-24-19-6-4-3-5-18(19)22/h3-8,11-12H,9-10H2,1-2H3. The lowest BCUT2D eigenvalue weighted by Crippen LogP contribution is -2.35. The van der Waals surface area contributed by atoms with Crippen LogP contribution in [-0.2, 0) is 0 Å². The van der Waals surface area contributed by atoms with E-state index in [1.807, 2.05) is 66.9 Å². The number of thioether (sulfide) groups is 1. The number of carbonyl (C=O) groups is 1. The van der Waals surface area contributed by atoms with Gasteiger partial charge in [-0.3, -0.25) is 9.78 Å². The molecule has 1 aliphatic heterocycles. The van der Waals surface area contributed by atoms with Crippen molar-refractivity contribution in [3.05, 3.63) is 65.4 Å². The van der Waals surface area contributed by atoms with Crippen molar-refractivity contribution < 1.29 is 4.79 Å². The third kappa shape index (κ3) is 2.57. The molecular formula is C20H18N2OS. The van der Waals surface area contributed by atoms with Crippen molar-refractivity contribution in [2.45, 2.75) is 18.7 Å². The van der Waals surface area contributed by atoms with E-state index in [9.17, 15) is 4.79 Å². The highest BCUT2D eigenvalue weighted by Gasteiger charge is 2.25. The average Bonchev–Trinajstić information content (AvgIpc) is 2.60. The molecule has 0 saturated carbocycles. The fourth-order valence-electron chi connectivity index (χ4n) is 3.17. The zero-order chi connectivity index (χ0) is 16.7. The number of hydrogen-bond donors (Lipinski definition) is 0.